The van der Waals surface area contributed by atoms with Crippen LogP contribution in [0.3, 0.4) is 0 Å². The molecule has 2 aromatic carbocycles. The minimum absolute atomic E-state index is 0.185. The van der Waals surface area contributed by atoms with E-state index < -0.39 is 10.0 Å². The second-order valence-electron chi connectivity index (χ2n) is 9.07. The molecular formula is C27H32N2O5S2. The lowest BCUT2D eigenvalue weighted by Crippen LogP contribution is -2.49. The van der Waals surface area contributed by atoms with Crippen LogP contribution >= 0.6 is 11.3 Å². The molecule has 0 aliphatic carbocycles. The van der Waals surface area contributed by atoms with Crippen LogP contribution in [0.4, 0.5) is 0 Å². The van der Waals surface area contributed by atoms with Gasteiger partial charge in [0.25, 0.3) is 0 Å². The first kappa shape index (κ1) is 26.2. The lowest BCUT2D eigenvalue weighted by Gasteiger charge is -2.37. The zero-order valence-electron chi connectivity index (χ0n) is 21.0. The first-order valence-electron chi connectivity index (χ1n) is 11.9. The summed E-state index contributed by atoms with van der Waals surface area (Å²) in [4.78, 5) is 16.8. The molecule has 0 radical (unpaired) electrons. The third-order valence-electron chi connectivity index (χ3n) is 6.38. The van der Waals surface area contributed by atoms with Gasteiger partial charge < -0.3 is 14.4 Å². The highest BCUT2D eigenvalue weighted by Gasteiger charge is 2.36. The van der Waals surface area contributed by atoms with Crippen LogP contribution in [0.2, 0.25) is 0 Å². The Hall–Kier alpha value is -2.88. The summed E-state index contributed by atoms with van der Waals surface area (Å²) < 4.78 is 39.7. The number of fused-ring (bicyclic) bond motifs is 1. The second-order valence-corrected chi connectivity index (χ2v) is 12.0. The van der Waals surface area contributed by atoms with Gasteiger partial charge in [0.15, 0.2) is 11.5 Å². The minimum Gasteiger partial charge on any atom is -0.493 e. The number of carbonyl (C=O) groups is 1. The number of benzene rings is 2. The third kappa shape index (κ3) is 5.43. The molecule has 1 aliphatic rings. The highest BCUT2D eigenvalue weighted by Crippen LogP contribution is 2.35. The van der Waals surface area contributed by atoms with Crippen LogP contribution in [-0.4, -0.2) is 56.4 Å². The summed E-state index contributed by atoms with van der Waals surface area (Å²) in [5.41, 5.74) is 2.02. The summed E-state index contributed by atoms with van der Waals surface area (Å²) in [6.07, 6.45) is 0.732. The van der Waals surface area contributed by atoms with Crippen LogP contribution in [0.15, 0.2) is 64.9 Å². The fourth-order valence-electron chi connectivity index (χ4n) is 4.40. The molecule has 1 aliphatic heterocycles. The van der Waals surface area contributed by atoms with Gasteiger partial charge in [0.05, 0.1) is 24.6 Å². The molecule has 0 spiro atoms. The van der Waals surface area contributed by atoms with E-state index in [0.717, 1.165) is 17.5 Å². The zero-order valence-corrected chi connectivity index (χ0v) is 22.6. The lowest BCUT2D eigenvalue weighted by molar-refractivity contribution is -0.135. The van der Waals surface area contributed by atoms with E-state index in [-0.39, 0.29) is 36.0 Å². The monoisotopic (exact) mass is 528 g/mol. The average molecular weight is 529 g/mol. The van der Waals surface area contributed by atoms with Gasteiger partial charge in [0.1, 0.15) is 6.61 Å². The van der Waals surface area contributed by atoms with Gasteiger partial charge in [0, 0.05) is 17.5 Å². The number of amides is 1. The number of rotatable bonds is 9. The van der Waals surface area contributed by atoms with Gasteiger partial charge in [-0.25, -0.2) is 8.42 Å². The Balaban J connectivity index is 1.58. The summed E-state index contributed by atoms with van der Waals surface area (Å²) in [5.74, 6) is 0.970. The van der Waals surface area contributed by atoms with E-state index >= 15 is 0 Å². The number of ether oxygens (including phenoxy) is 2. The molecule has 0 unspecified atom stereocenters. The Morgan fingerprint density at radius 2 is 1.81 bits per heavy atom. The topological polar surface area (TPSA) is 76.2 Å². The van der Waals surface area contributed by atoms with Crippen molar-refractivity contribution in [3.8, 4) is 11.5 Å². The number of para-hydroxylation sites is 2. The van der Waals surface area contributed by atoms with Crippen LogP contribution in [-0.2, 0) is 21.2 Å². The molecule has 0 fully saturated rings. The predicted octanol–water partition coefficient (Wildman–Crippen LogP) is 4.67. The molecule has 2 heterocycles. The van der Waals surface area contributed by atoms with Crippen molar-refractivity contribution in [2.75, 3.05) is 26.8 Å². The summed E-state index contributed by atoms with van der Waals surface area (Å²) >= 11 is 1.67. The van der Waals surface area contributed by atoms with Crippen LogP contribution in [0.25, 0.3) is 0 Å². The number of aryl methyl sites for hydroxylation is 1. The van der Waals surface area contributed by atoms with Crippen LogP contribution in [0, 0.1) is 6.92 Å². The molecule has 0 saturated heterocycles. The zero-order chi connectivity index (χ0) is 25.9. The smallest absolute Gasteiger partial charge is 0.243 e. The van der Waals surface area contributed by atoms with E-state index in [9.17, 15) is 13.2 Å². The molecule has 7 nitrogen and oxygen atoms in total. The van der Waals surface area contributed by atoms with Crippen molar-refractivity contribution in [1.29, 1.82) is 0 Å². The summed E-state index contributed by atoms with van der Waals surface area (Å²) in [7, 11) is -2.25. The summed E-state index contributed by atoms with van der Waals surface area (Å²) in [6.45, 7) is 5.98. The molecule has 1 amide bonds. The quantitative estimate of drug-likeness (QED) is 0.404. The van der Waals surface area contributed by atoms with Crippen LogP contribution in [0.1, 0.15) is 35.9 Å². The van der Waals surface area contributed by atoms with E-state index in [2.05, 4.69) is 0 Å². The van der Waals surface area contributed by atoms with Crippen LogP contribution in [0.5, 0.6) is 11.5 Å². The molecule has 192 valence electrons. The van der Waals surface area contributed by atoms with Crippen molar-refractivity contribution in [3.63, 3.8) is 0 Å². The van der Waals surface area contributed by atoms with Gasteiger partial charge in [-0.1, -0.05) is 29.8 Å². The average Bonchev–Trinajstić information content (AvgIpc) is 3.35. The van der Waals surface area contributed by atoms with Gasteiger partial charge in [-0.2, -0.15) is 4.31 Å². The van der Waals surface area contributed by atoms with Gasteiger partial charge in [0.2, 0.25) is 15.9 Å². The molecule has 0 N–H and O–H groups in total. The van der Waals surface area contributed by atoms with Crippen molar-refractivity contribution in [1.82, 2.24) is 9.21 Å². The number of carbonyl (C=O) groups excluding carboxylic acids is 1. The maximum absolute atomic E-state index is 13.7. The van der Waals surface area contributed by atoms with E-state index in [1.165, 1.54) is 9.18 Å². The SMILES string of the molecule is COc1ccccc1OC[C@@H]1c2ccsc2CCN1C(=O)CN(C(C)C)S(=O)(=O)c1ccc(C)cc1. The van der Waals surface area contributed by atoms with Gasteiger partial charge >= 0.3 is 0 Å². The fourth-order valence-corrected chi connectivity index (χ4v) is 6.91. The van der Waals surface area contributed by atoms with Gasteiger partial charge in [-0.3, -0.25) is 4.79 Å². The van der Waals surface area contributed by atoms with E-state index in [4.69, 9.17) is 9.47 Å². The Morgan fingerprint density at radius 3 is 2.47 bits per heavy atom. The number of hydrogen-bond acceptors (Lipinski definition) is 6. The molecule has 1 aromatic heterocycles. The number of methoxy groups -OCH3 is 1. The summed E-state index contributed by atoms with van der Waals surface area (Å²) in [5, 5.41) is 2.02. The Bertz CT molecular complexity index is 1300. The van der Waals surface area contributed by atoms with Crippen LogP contribution < -0.4 is 9.47 Å². The van der Waals surface area contributed by atoms with Crippen molar-refractivity contribution in [2.45, 2.75) is 44.2 Å². The maximum atomic E-state index is 13.7. The first-order chi connectivity index (χ1) is 17.2. The number of sulfonamides is 1. The molecule has 0 saturated carbocycles. The molecule has 9 heteroatoms. The largest absolute Gasteiger partial charge is 0.493 e. The van der Waals surface area contributed by atoms with Crippen molar-refractivity contribution in [3.05, 3.63) is 76.0 Å². The van der Waals surface area contributed by atoms with Crippen molar-refractivity contribution >= 4 is 27.3 Å². The van der Waals surface area contributed by atoms with Crippen molar-refractivity contribution < 1.29 is 22.7 Å². The van der Waals surface area contributed by atoms with Crippen molar-refractivity contribution in [2.24, 2.45) is 0 Å². The van der Waals surface area contributed by atoms with Gasteiger partial charge in [-0.05, 0) is 68.5 Å². The van der Waals surface area contributed by atoms with E-state index in [1.807, 2.05) is 42.6 Å². The highest BCUT2D eigenvalue weighted by atomic mass is 32.2. The van der Waals surface area contributed by atoms with Gasteiger partial charge in [-0.15, -0.1) is 11.3 Å². The lowest BCUT2D eigenvalue weighted by atomic mass is 10.0. The minimum atomic E-state index is -3.84. The molecular weight excluding hydrogens is 496 g/mol. The molecule has 36 heavy (non-hydrogen) atoms. The third-order valence-corrected chi connectivity index (χ3v) is 9.41. The molecule has 3 aromatic rings. The number of nitrogens with zero attached hydrogens (tertiary/aromatic N) is 2. The fraction of sp³-hybridized carbons (Fsp3) is 0.370. The molecule has 0 bridgehead atoms. The predicted molar refractivity (Wildman–Crippen MR) is 141 cm³/mol. The standard InChI is InChI=1S/C27H32N2O5S2/c1-19(2)29(36(31,32)21-11-9-20(3)10-12-21)17-27(30)28-15-13-26-22(14-16-35-26)23(28)18-34-25-8-6-5-7-24(25)33-4/h5-12,14,16,19,23H,13,15,17-18H2,1-4H3/t23-/m1/s1. The Morgan fingerprint density at radius 1 is 1.11 bits per heavy atom. The molecule has 1 atom stereocenters. The number of thiophene rings is 1. The molecule has 4 rings (SSSR count). The maximum Gasteiger partial charge on any atom is 0.243 e. The first-order valence-corrected chi connectivity index (χ1v) is 14.2. The van der Waals surface area contributed by atoms with E-state index in [1.54, 1.807) is 61.5 Å². The Kier molecular flexibility index (Phi) is 8.02. The normalized spacial score (nSPS) is 15.7. The summed E-state index contributed by atoms with van der Waals surface area (Å²) in [6, 6.07) is 15.4. The van der Waals surface area contributed by atoms with E-state index in [0.29, 0.717) is 18.0 Å². The second kappa shape index (κ2) is 11.0. The Labute approximate surface area is 217 Å². The highest BCUT2D eigenvalue weighted by molar-refractivity contribution is 7.89. The number of hydrogen-bond donors (Lipinski definition) is 0.